The number of benzene rings is 3. The molecule has 0 aliphatic rings. The van der Waals surface area contributed by atoms with E-state index >= 15 is 0 Å². The second kappa shape index (κ2) is 7.16. The third-order valence-electron chi connectivity index (χ3n) is 4.07. The fraction of sp³-hybridized carbons (Fsp3) is 0. The van der Waals surface area contributed by atoms with Gasteiger partial charge in [0.05, 0.1) is 10.2 Å². The van der Waals surface area contributed by atoms with E-state index in [0.717, 1.165) is 32.9 Å². The fourth-order valence-electron chi connectivity index (χ4n) is 2.66. The molecule has 2 N–H and O–H groups in total. The Morgan fingerprint density at radius 1 is 1.07 bits per heavy atom. The lowest BCUT2D eigenvalue weighted by Gasteiger charge is -2.06. The van der Waals surface area contributed by atoms with E-state index in [1.807, 2.05) is 12.1 Å². The van der Waals surface area contributed by atoms with E-state index in [4.69, 9.17) is 0 Å². The summed E-state index contributed by atoms with van der Waals surface area (Å²) >= 11 is 1.45. The molecule has 4 aromatic rings. The summed E-state index contributed by atoms with van der Waals surface area (Å²) in [6, 6.07) is 15.5. The van der Waals surface area contributed by atoms with Gasteiger partial charge in [-0.1, -0.05) is 0 Å². The zero-order valence-corrected chi connectivity index (χ0v) is 15.0. The van der Waals surface area contributed by atoms with Crippen molar-refractivity contribution in [3.05, 3.63) is 77.0 Å². The molecular formula is C20H12FN3O3S. The quantitative estimate of drug-likeness (QED) is 0.451. The molecule has 0 aliphatic heterocycles. The number of aromatic hydroxyl groups is 1. The number of halogens is 1. The maximum atomic E-state index is 13.3. The van der Waals surface area contributed by atoms with Crippen molar-refractivity contribution in [1.82, 2.24) is 4.98 Å². The Labute approximate surface area is 162 Å². The molecule has 0 fully saturated rings. The Kier molecular flexibility index (Phi) is 4.54. The number of aromatic nitrogens is 1. The van der Waals surface area contributed by atoms with Crippen LogP contribution >= 0.6 is 11.3 Å². The third-order valence-corrected chi connectivity index (χ3v) is 5.14. The molecule has 0 spiro atoms. The zero-order valence-electron chi connectivity index (χ0n) is 14.2. The SMILES string of the molecule is O=Nc1cc(C(=O)Nc2ccc(-c3nc4ccc(O)cc4s3)cc2)ccc1F. The lowest BCUT2D eigenvalue weighted by molar-refractivity contribution is 0.102. The highest BCUT2D eigenvalue weighted by molar-refractivity contribution is 7.21. The first kappa shape index (κ1) is 17.7. The summed E-state index contributed by atoms with van der Waals surface area (Å²) in [6.45, 7) is 0. The van der Waals surface area contributed by atoms with E-state index in [9.17, 15) is 19.2 Å². The lowest BCUT2D eigenvalue weighted by Crippen LogP contribution is -2.11. The smallest absolute Gasteiger partial charge is 0.255 e. The van der Waals surface area contributed by atoms with Crippen LogP contribution in [-0.2, 0) is 0 Å². The number of fused-ring (bicyclic) bond motifs is 1. The van der Waals surface area contributed by atoms with Crippen LogP contribution in [0.2, 0.25) is 0 Å². The molecule has 4 rings (SSSR count). The molecule has 28 heavy (non-hydrogen) atoms. The number of amides is 1. The van der Waals surface area contributed by atoms with Crippen molar-refractivity contribution >= 4 is 38.8 Å². The van der Waals surface area contributed by atoms with E-state index in [-0.39, 0.29) is 11.3 Å². The zero-order chi connectivity index (χ0) is 19.7. The number of nitroso groups, excluding NO2 is 1. The number of hydrogen-bond donors (Lipinski definition) is 2. The van der Waals surface area contributed by atoms with E-state index in [1.165, 1.54) is 17.4 Å². The van der Waals surface area contributed by atoms with Crippen molar-refractivity contribution in [3.8, 4) is 16.3 Å². The first-order valence-corrected chi connectivity index (χ1v) is 8.99. The van der Waals surface area contributed by atoms with Gasteiger partial charge in [0.2, 0.25) is 0 Å². The molecule has 0 atom stereocenters. The number of nitrogens with one attached hydrogen (secondary N) is 1. The fourth-order valence-corrected chi connectivity index (χ4v) is 3.66. The van der Waals surface area contributed by atoms with Gasteiger partial charge in [-0.15, -0.1) is 16.2 Å². The summed E-state index contributed by atoms with van der Waals surface area (Å²) in [5.41, 5.74) is 1.92. The molecule has 1 heterocycles. The van der Waals surface area contributed by atoms with Crippen molar-refractivity contribution in [2.45, 2.75) is 0 Å². The molecule has 0 radical (unpaired) electrons. The van der Waals surface area contributed by atoms with Crippen LogP contribution in [0.25, 0.3) is 20.8 Å². The van der Waals surface area contributed by atoms with Crippen molar-refractivity contribution in [2.75, 3.05) is 5.32 Å². The highest BCUT2D eigenvalue weighted by Crippen LogP contribution is 2.32. The van der Waals surface area contributed by atoms with Crippen LogP contribution in [0.15, 0.2) is 65.8 Å². The molecule has 1 aromatic heterocycles. The van der Waals surface area contributed by atoms with Gasteiger partial charge in [0.25, 0.3) is 5.91 Å². The third kappa shape index (κ3) is 3.45. The number of hydrogen-bond acceptors (Lipinski definition) is 6. The summed E-state index contributed by atoms with van der Waals surface area (Å²) < 4.78 is 14.2. The van der Waals surface area contributed by atoms with E-state index in [0.29, 0.717) is 5.69 Å². The van der Waals surface area contributed by atoms with E-state index in [2.05, 4.69) is 15.5 Å². The van der Waals surface area contributed by atoms with Gasteiger partial charge in [0.1, 0.15) is 16.4 Å². The molecule has 0 saturated carbocycles. The van der Waals surface area contributed by atoms with Crippen LogP contribution in [-0.4, -0.2) is 16.0 Å². The number of phenols is 1. The van der Waals surface area contributed by atoms with Crippen LogP contribution in [0.1, 0.15) is 10.4 Å². The van der Waals surface area contributed by atoms with Crippen LogP contribution in [0.3, 0.4) is 0 Å². The largest absolute Gasteiger partial charge is 0.508 e. The van der Waals surface area contributed by atoms with E-state index < -0.39 is 17.4 Å². The maximum absolute atomic E-state index is 13.3. The first-order valence-electron chi connectivity index (χ1n) is 8.18. The molecule has 0 saturated heterocycles. The van der Waals surface area contributed by atoms with Gasteiger partial charge in [0.15, 0.2) is 5.82 Å². The Bertz CT molecular complexity index is 1210. The average molecular weight is 393 g/mol. The second-order valence-corrected chi connectivity index (χ2v) is 6.99. The molecule has 0 unspecified atom stereocenters. The number of carbonyl (C=O) groups excluding carboxylic acids is 1. The molecule has 138 valence electrons. The molecule has 0 bridgehead atoms. The lowest BCUT2D eigenvalue weighted by atomic mass is 10.1. The Morgan fingerprint density at radius 3 is 2.61 bits per heavy atom. The molecular weight excluding hydrogens is 381 g/mol. The van der Waals surface area contributed by atoms with Crippen molar-refractivity contribution in [3.63, 3.8) is 0 Å². The number of phenolic OH excluding ortho intramolecular Hbond substituents is 1. The number of rotatable bonds is 4. The highest BCUT2D eigenvalue weighted by Gasteiger charge is 2.11. The Balaban J connectivity index is 1.54. The Hall–Kier alpha value is -3.65. The second-order valence-electron chi connectivity index (χ2n) is 5.96. The topological polar surface area (TPSA) is 91.7 Å². The number of nitrogens with zero attached hydrogens (tertiary/aromatic N) is 2. The van der Waals surface area contributed by atoms with Crippen LogP contribution in [0.4, 0.5) is 15.8 Å². The van der Waals surface area contributed by atoms with Gasteiger partial charge >= 0.3 is 0 Å². The predicted molar refractivity (Wildman–Crippen MR) is 107 cm³/mol. The average Bonchev–Trinajstić information content (AvgIpc) is 3.12. The summed E-state index contributed by atoms with van der Waals surface area (Å²) in [7, 11) is 0. The minimum atomic E-state index is -0.778. The van der Waals surface area contributed by atoms with Gasteiger partial charge in [-0.2, -0.15) is 0 Å². The summed E-state index contributed by atoms with van der Waals surface area (Å²) in [5, 5.41) is 15.6. The van der Waals surface area contributed by atoms with Crippen LogP contribution in [0, 0.1) is 10.7 Å². The first-order chi connectivity index (χ1) is 13.5. The molecule has 0 aliphatic carbocycles. The molecule has 6 nitrogen and oxygen atoms in total. The van der Waals surface area contributed by atoms with Gasteiger partial charge in [-0.3, -0.25) is 4.79 Å². The molecule has 3 aromatic carbocycles. The van der Waals surface area contributed by atoms with Crippen molar-refractivity contribution in [1.29, 1.82) is 0 Å². The van der Waals surface area contributed by atoms with Crippen molar-refractivity contribution in [2.24, 2.45) is 5.18 Å². The minimum absolute atomic E-state index is 0.131. The molecule has 8 heteroatoms. The Morgan fingerprint density at radius 2 is 1.86 bits per heavy atom. The van der Waals surface area contributed by atoms with Crippen LogP contribution in [0.5, 0.6) is 5.75 Å². The number of thiazole rings is 1. The van der Waals surface area contributed by atoms with Crippen LogP contribution < -0.4 is 5.32 Å². The van der Waals surface area contributed by atoms with Gasteiger partial charge in [-0.25, -0.2) is 9.37 Å². The number of carbonyl (C=O) groups is 1. The minimum Gasteiger partial charge on any atom is -0.508 e. The standard InChI is InChI=1S/C20H12FN3O3S/c21-15-7-3-12(9-17(15)24-27)19(26)22-13-4-1-11(2-5-13)20-23-16-8-6-14(25)10-18(16)28-20/h1-10,25H,(H,22,26). The summed E-state index contributed by atoms with van der Waals surface area (Å²) in [4.78, 5) is 27.4. The maximum Gasteiger partial charge on any atom is 0.255 e. The number of anilines is 1. The predicted octanol–water partition coefficient (Wildman–Crippen LogP) is 5.46. The van der Waals surface area contributed by atoms with Gasteiger partial charge in [0, 0.05) is 16.8 Å². The monoisotopic (exact) mass is 393 g/mol. The highest BCUT2D eigenvalue weighted by atomic mass is 32.1. The summed E-state index contributed by atoms with van der Waals surface area (Å²) in [6.07, 6.45) is 0. The van der Waals surface area contributed by atoms with Gasteiger partial charge in [-0.05, 0) is 65.8 Å². The molecule has 1 amide bonds. The summed E-state index contributed by atoms with van der Waals surface area (Å²) in [5.74, 6) is -1.07. The van der Waals surface area contributed by atoms with Gasteiger partial charge < -0.3 is 10.4 Å². The van der Waals surface area contributed by atoms with E-state index in [1.54, 1.807) is 30.3 Å². The normalized spacial score (nSPS) is 10.8. The van der Waals surface area contributed by atoms with Crippen molar-refractivity contribution < 1.29 is 14.3 Å².